The van der Waals surface area contributed by atoms with Crippen LogP contribution in [0.3, 0.4) is 0 Å². The fraction of sp³-hybridized carbons (Fsp3) is 0.259. The maximum Gasteiger partial charge on any atom is 0.305 e. The van der Waals surface area contributed by atoms with E-state index in [9.17, 15) is 9.90 Å². The van der Waals surface area contributed by atoms with E-state index in [1.807, 2.05) is 36.4 Å². The minimum atomic E-state index is -0.876. The molecular weight excluding hydrogens is 474 g/mol. The van der Waals surface area contributed by atoms with Crippen LogP contribution in [-0.2, 0) is 17.6 Å². The van der Waals surface area contributed by atoms with Crippen molar-refractivity contribution in [2.24, 2.45) is 0 Å². The molecule has 5 aromatic rings. The molecule has 2 N–H and O–H groups in total. The van der Waals surface area contributed by atoms with Crippen molar-refractivity contribution in [2.75, 3.05) is 18.5 Å². The first-order valence-electron chi connectivity index (χ1n) is 12.0. The molecule has 1 atom stereocenters. The molecule has 1 unspecified atom stereocenters. The number of hydrogen-bond acceptors (Lipinski definition) is 7. The van der Waals surface area contributed by atoms with E-state index in [0.717, 1.165) is 63.3 Å². The standard InChI is InChI=1S/C27H25N5O3S/c33-26(34)14-24(18-4-7-22-25(13-18)36-16-29-22)32-23-8-6-21(12-19(23)15-30-32)35-11-9-20-5-3-17-2-1-10-28-27(17)31-20/h3-8,12-13,15-16,24H,1-2,9-11,14H2,(H,28,31)(H,33,34). The van der Waals surface area contributed by atoms with Crippen molar-refractivity contribution in [1.29, 1.82) is 0 Å². The van der Waals surface area contributed by atoms with Gasteiger partial charge < -0.3 is 15.2 Å². The molecule has 0 saturated carbocycles. The molecule has 8 nitrogen and oxygen atoms in total. The zero-order chi connectivity index (χ0) is 24.5. The Morgan fingerprint density at radius 1 is 1.19 bits per heavy atom. The van der Waals surface area contributed by atoms with Crippen molar-refractivity contribution in [3.63, 3.8) is 0 Å². The highest BCUT2D eigenvalue weighted by atomic mass is 32.1. The highest BCUT2D eigenvalue weighted by Gasteiger charge is 2.21. The molecule has 0 spiro atoms. The Labute approximate surface area is 211 Å². The second kappa shape index (κ2) is 9.58. The lowest BCUT2D eigenvalue weighted by atomic mass is 10.0. The number of rotatable bonds is 8. The number of thiazole rings is 1. The number of hydrogen-bond donors (Lipinski definition) is 2. The van der Waals surface area contributed by atoms with E-state index in [1.54, 1.807) is 27.7 Å². The van der Waals surface area contributed by atoms with E-state index in [-0.39, 0.29) is 6.42 Å². The minimum Gasteiger partial charge on any atom is -0.493 e. The van der Waals surface area contributed by atoms with Crippen molar-refractivity contribution < 1.29 is 14.6 Å². The average Bonchev–Trinajstić information content (AvgIpc) is 3.53. The summed E-state index contributed by atoms with van der Waals surface area (Å²) in [7, 11) is 0. The molecule has 4 heterocycles. The van der Waals surface area contributed by atoms with Crippen LogP contribution in [0.5, 0.6) is 5.75 Å². The number of nitrogens with zero attached hydrogens (tertiary/aromatic N) is 4. The molecule has 1 aliphatic heterocycles. The number of nitrogens with one attached hydrogen (secondary N) is 1. The van der Waals surface area contributed by atoms with Gasteiger partial charge in [-0.15, -0.1) is 11.3 Å². The Balaban J connectivity index is 1.20. The maximum absolute atomic E-state index is 11.7. The van der Waals surface area contributed by atoms with Crippen LogP contribution in [0.25, 0.3) is 21.1 Å². The molecule has 182 valence electrons. The molecule has 9 heteroatoms. The first kappa shape index (κ1) is 22.5. The minimum absolute atomic E-state index is 0.0675. The second-order valence-corrected chi connectivity index (χ2v) is 9.83. The van der Waals surface area contributed by atoms with E-state index in [1.165, 1.54) is 5.56 Å². The van der Waals surface area contributed by atoms with E-state index >= 15 is 0 Å². The van der Waals surface area contributed by atoms with Crippen molar-refractivity contribution in [2.45, 2.75) is 31.7 Å². The van der Waals surface area contributed by atoms with Crippen LogP contribution in [-0.4, -0.2) is 44.0 Å². The first-order valence-corrected chi connectivity index (χ1v) is 12.9. The average molecular weight is 500 g/mol. The molecule has 36 heavy (non-hydrogen) atoms. The van der Waals surface area contributed by atoms with Gasteiger partial charge in [0.2, 0.25) is 0 Å². The maximum atomic E-state index is 11.7. The van der Waals surface area contributed by atoms with Gasteiger partial charge in [0.25, 0.3) is 0 Å². The van der Waals surface area contributed by atoms with Gasteiger partial charge in [-0.3, -0.25) is 9.48 Å². The molecule has 0 bridgehead atoms. The normalized spacial score (nSPS) is 13.9. The molecule has 6 rings (SSSR count). The molecular formula is C27H25N5O3S. The summed E-state index contributed by atoms with van der Waals surface area (Å²) >= 11 is 1.54. The molecule has 0 saturated heterocycles. The highest BCUT2D eigenvalue weighted by Crippen LogP contribution is 2.31. The van der Waals surface area contributed by atoms with Gasteiger partial charge in [0.1, 0.15) is 11.6 Å². The number of aromatic nitrogens is 4. The summed E-state index contributed by atoms with van der Waals surface area (Å²) in [5.41, 5.74) is 6.75. The number of fused-ring (bicyclic) bond motifs is 3. The van der Waals surface area contributed by atoms with Crippen molar-refractivity contribution in [3.8, 4) is 5.75 Å². The monoisotopic (exact) mass is 499 g/mol. The number of ether oxygens (including phenoxy) is 1. The van der Waals surface area contributed by atoms with Gasteiger partial charge in [-0.2, -0.15) is 5.10 Å². The number of carboxylic acid groups (broad SMARTS) is 1. The third-order valence-electron chi connectivity index (χ3n) is 6.55. The number of anilines is 1. The van der Waals surface area contributed by atoms with Crippen LogP contribution in [0.1, 0.15) is 35.7 Å². The van der Waals surface area contributed by atoms with Gasteiger partial charge in [0.15, 0.2) is 0 Å². The first-order chi connectivity index (χ1) is 17.6. The predicted octanol–water partition coefficient (Wildman–Crippen LogP) is 5.08. The SMILES string of the molecule is O=C(O)CC(c1ccc2ncsc2c1)n1ncc2cc(OCCc3ccc4c(n3)NCCC4)ccc21. The molecule has 0 radical (unpaired) electrons. The van der Waals surface area contributed by atoms with Crippen LogP contribution >= 0.6 is 11.3 Å². The highest BCUT2D eigenvalue weighted by molar-refractivity contribution is 7.16. The third-order valence-corrected chi connectivity index (χ3v) is 7.34. The zero-order valence-electron chi connectivity index (χ0n) is 19.6. The number of carboxylic acids is 1. The van der Waals surface area contributed by atoms with Gasteiger partial charge in [0.05, 0.1) is 46.5 Å². The van der Waals surface area contributed by atoms with E-state index in [0.29, 0.717) is 13.0 Å². The lowest BCUT2D eigenvalue weighted by molar-refractivity contribution is -0.137. The summed E-state index contributed by atoms with van der Waals surface area (Å²) in [5.74, 6) is 0.871. The number of aliphatic carboxylic acids is 1. The third kappa shape index (κ3) is 4.49. The van der Waals surface area contributed by atoms with Crippen LogP contribution in [0, 0.1) is 0 Å². The second-order valence-electron chi connectivity index (χ2n) is 8.94. The fourth-order valence-electron chi connectivity index (χ4n) is 4.74. The molecule has 0 aliphatic carbocycles. The summed E-state index contributed by atoms with van der Waals surface area (Å²) in [6.45, 7) is 1.49. The van der Waals surface area contributed by atoms with Gasteiger partial charge >= 0.3 is 5.97 Å². The summed E-state index contributed by atoms with van der Waals surface area (Å²) < 4.78 is 8.84. The Hall–Kier alpha value is -3.98. The van der Waals surface area contributed by atoms with Crippen LogP contribution in [0.4, 0.5) is 5.82 Å². The summed E-state index contributed by atoms with van der Waals surface area (Å²) in [5, 5.41) is 18.5. The van der Waals surface area contributed by atoms with Crippen molar-refractivity contribution in [1.82, 2.24) is 19.7 Å². The number of pyridine rings is 1. The van der Waals surface area contributed by atoms with Crippen molar-refractivity contribution in [3.05, 3.63) is 77.1 Å². The van der Waals surface area contributed by atoms with Gasteiger partial charge in [-0.1, -0.05) is 12.1 Å². The largest absolute Gasteiger partial charge is 0.493 e. The van der Waals surface area contributed by atoms with Gasteiger partial charge in [-0.25, -0.2) is 9.97 Å². The van der Waals surface area contributed by atoms with Crippen LogP contribution < -0.4 is 10.1 Å². The summed E-state index contributed by atoms with van der Waals surface area (Å²) in [4.78, 5) is 20.8. The van der Waals surface area contributed by atoms with Gasteiger partial charge in [-0.05, 0) is 60.4 Å². The zero-order valence-corrected chi connectivity index (χ0v) is 20.4. The molecule has 1 aliphatic rings. The fourth-order valence-corrected chi connectivity index (χ4v) is 5.47. The number of benzene rings is 2. The Bertz CT molecular complexity index is 1560. The van der Waals surface area contributed by atoms with E-state index < -0.39 is 12.0 Å². The molecule has 3 aromatic heterocycles. The van der Waals surface area contributed by atoms with E-state index in [4.69, 9.17) is 9.72 Å². The summed E-state index contributed by atoms with van der Waals surface area (Å²) in [6.07, 6.45) is 4.63. The Kier molecular flexibility index (Phi) is 5.98. The summed E-state index contributed by atoms with van der Waals surface area (Å²) in [6, 6.07) is 15.5. The number of aryl methyl sites for hydroxylation is 1. The van der Waals surface area contributed by atoms with Crippen LogP contribution in [0.15, 0.2) is 60.2 Å². The molecule has 2 aromatic carbocycles. The lowest BCUT2D eigenvalue weighted by Gasteiger charge is -2.18. The predicted molar refractivity (Wildman–Crippen MR) is 140 cm³/mol. The molecule has 0 amide bonds. The van der Waals surface area contributed by atoms with Crippen LogP contribution in [0.2, 0.25) is 0 Å². The quantitative estimate of drug-likeness (QED) is 0.307. The van der Waals surface area contributed by atoms with E-state index in [2.05, 4.69) is 27.5 Å². The Morgan fingerprint density at radius 3 is 3.06 bits per heavy atom. The Morgan fingerprint density at radius 2 is 2.14 bits per heavy atom. The molecule has 0 fully saturated rings. The van der Waals surface area contributed by atoms with Gasteiger partial charge in [0, 0.05) is 24.0 Å². The lowest BCUT2D eigenvalue weighted by Crippen LogP contribution is -2.16. The smallest absolute Gasteiger partial charge is 0.305 e. The topological polar surface area (TPSA) is 102 Å². The number of carbonyl (C=O) groups is 1. The van der Waals surface area contributed by atoms with Crippen molar-refractivity contribution >= 4 is 44.2 Å².